The van der Waals surface area contributed by atoms with Crippen molar-refractivity contribution in [2.75, 3.05) is 5.75 Å². The van der Waals surface area contributed by atoms with Crippen molar-refractivity contribution < 1.29 is 4.79 Å². The minimum atomic E-state index is -0.283. The molecule has 0 aliphatic carbocycles. The Labute approximate surface area is 213 Å². The molecule has 3 aromatic carbocycles. The summed E-state index contributed by atoms with van der Waals surface area (Å²) in [5.41, 5.74) is 4.97. The molecule has 6 nitrogen and oxygen atoms in total. The Morgan fingerprint density at radius 2 is 1.82 bits per heavy atom. The summed E-state index contributed by atoms with van der Waals surface area (Å²) in [6.45, 7) is 0. The Balaban J connectivity index is 1.49. The maximum Gasteiger partial charge on any atom is 0.250 e. The first-order valence-electron chi connectivity index (χ1n) is 9.68. The largest absolute Gasteiger partial charge is 0.272 e. The molecular formula is C23H16BrCl2N5OS. The summed E-state index contributed by atoms with van der Waals surface area (Å²) >= 11 is 16.7. The van der Waals surface area contributed by atoms with Crippen LogP contribution in [0.4, 0.5) is 0 Å². The van der Waals surface area contributed by atoms with Crippen molar-refractivity contribution in [3.63, 3.8) is 0 Å². The molecule has 0 unspecified atom stereocenters. The first-order chi connectivity index (χ1) is 16.0. The Bertz CT molecular complexity index is 1300. The summed E-state index contributed by atoms with van der Waals surface area (Å²) in [4.78, 5) is 12.3. The first kappa shape index (κ1) is 23.5. The fourth-order valence-electron chi connectivity index (χ4n) is 2.90. The minimum absolute atomic E-state index is 0.108. The molecule has 0 atom stereocenters. The second-order valence-corrected chi connectivity index (χ2v) is 9.43. The summed E-state index contributed by atoms with van der Waals surface area (Å²) in [5, 5.41) is 14.3. The lowest BCUT2D eigenvalue weighted by Gasteiger charge is -2.10. The van der Waals surface area contributed by atoms with Gasteiger partial charge in [0, 0.05) is 26.3 Å². The predicted molar refractivity (Wildman–Crippen MR) is 137 cm³/mol. The molecule has 1 amide bonds. The van der Waals surface area contributed by atoms with E-state index < -0.39 is 0 Å². The minimum Gasteiger partial charge on any atom is -0.272 e. The van der Waals surface area contributed by atoms with Crippen LogP contribution in [0.5, 0.6) is 0 Å². The van der Waals surface area contributed by atoms with Gasteiger partial charge >= 0.3 is 0 Å². The Morgan fingerprint density at radius 1 is 1.06 bits per heavy atom. The van der Waals surface area contributed by atoms with Crippen LogP contribution in [0.2, 0.25) is 10.0 Å². The molecule has 4 aromatic rings. The highest BCUT2D eigenvalue weighted by Crippen LogP contribution is 2.28. The molecular weight excluding hydrogens is 545 g/mol. The molecule has 0 fully saturated rings. The number of carbonyl (C=O) groups is 1. The summed E-state index contributed by atoms with van der Waals surface area (Å²) in [7, 11) is 0. The molecule has 1 aromatic heterocycles. The van der Waals surface area contributed by atoms with E-state index in [0.717, 1.165) is 15.7 Å². The fraction of sp³-hybridized carbons (Fsp3) is 0.0435. The molecule has 4 rings (SSSR count). The van der Waals surface area contributed by atoms with Gasteiger partial charge in [-0.3, -0.25) is 9.36 Å². The van der Waals surface area contributed by atoms with Gasteiger partial charge in [0.25, 0.3) is 5.91 Å². The molecule has 0 radical (unpaired) electrons. The number of benzene rings is 3. The second kappa shape index (κ2) is 11.0. The molecule has 0 aliphatic rings. The molecule has 0 bridgehead atoms. The highest BCUT2D eigenvalue weighted by molar-refractivity contribution is 9.10. The van der Waals surface area contributed by atoms with E-state index in [-0.39, 0.29) is 11.7 Å². The molecule has 1 N–H and O–H groups in total. The topological polar surface area (TPSA) is 72.2 Å². The van der Waals surface area contributed by atoms with Crippen molar-refractivity contribution in [3.05, 3.63) is 92.9 Å². The van der Waals surface area contributed by atoms with E-state index in [2.05, 4.69) is 36.7 Å². The quantitative estimate of drug-likeness (QED) is 0.165. The summed E-state index contributed by atoms with van der Waals surface area (Å²) in [6, 6.07) is 22.6. The molecule has 166 valence electrons. The van der Waals surface area contributed by atoms with Gasteiger partial charge in [-0.25, -0.2) is 5.43 Å². The van der Waals surface area contributed by atoms with Gasteiger partial charge in [0.2, 0.25) is 0 Å². The number of hydrogen-bond donors (Lipinski definition) is 1. The lowest BCUT2D eigenvalue weighted by molar-refractivity contribution is -0.118. The number of amides is 1. The van der Waals surface area contributed by atoms with Crippen LogP contribution in [0.3, 0.4) is 0 Å². The molecule has 0 saturated carbocycles. The molecule has 10 heteroatoms. The van der Waals surface area contributed by atoms with Crippen molar-refractivity contribution in [1.82, 2.24) is 20.2 Å². The summed E-state index contributed by atoms with van der Waals surface area (Å²) < 4.78 is 2.90. The summed E-state index contributed by atoms with van der Waals surface area (Å²) in [6.07, 6.45) is 1.47. The van der Waals surface area contributed by atoms with Crippen LogP contribution < -0.4 is 5.43 Å². The van der Waals surface area contributed by atoms with Gasteiger partial charge in [-0.2, -0.15) is 5.10 Å². The Hall–Kier alpha value is -2.65. The Morgan fingerprint density at radius 3 is 2.55 bits per heavy atom. The van der Waals surface area contributed by atoms with Crippen LogP contribution >= 0.6 is 50.9 Å². The van der Waals surface area contributed by atoms with E-state index in [0.29, 0.717) is 26.6 Å². The normalized spacial score (nSPS) is 11.1. The van der Waals surface area contributed by atoms with Gasteiger partial charge in [-0.05, 0) is 36.4 Å². The average molecular weight is 561 g/mol. The van der Waals surface area contributed by atoms with Crippen molar-refractivity contribution in [3.8, 4) is 17.1 Å². The highest BCUT2D eigenvalue weighted by atomic mass is 79.9. The number of hydrazone groups is 1. The standard InChI is InChI=1S/C23H16BrCl2N5OS/c24-17-9-6-15(7-10-17)22-29-30-23(31(22)19-4-2-1-3-5-19)33-14-21(32)28-27-13-16-8-11-18(25)12-20(16)26/h1-13H,14H2,(H,28,32)/b27-13+. The molecule has 33 heavy (non-hydrogen) atoms. The molecule has 0 spiro atoms. The zero-order chi connectivity index (χ0) is 23.2. The maximum atomic E-state index is 12.3. The van der Waals surface area contributed by atoms with E-state index in [1.54, 1.807) is 18.2 Å². The highest BCUT2D eigenvalue weighted by Gasteiger charge is 2.17. The lowest BCUT2D eigenvalue weighted by Crippen LogP contribution is -2.20. The molecule has 0 saturated heterocycles. The second-order valence-electron chi connectivity index (χ2n) is 6.73. The average Bonchev–Trinajstić information content (AvgIpc) is 3.24. The number of nitrogens with zero attached hydrogens (tertiary/aromatic N) is 4. The van der Waals surface area contributed by atoms with E-state index in [4.69, 9.17) is 23.2 Å². The molecule has 0 aliphatic heterocycles. The zero-order valence-corrected chi connectivity index (χ0v) is 20.9. The monoisotopic (exact) mass is 559 g/mol. The number of para-hydroxylation sites is 1. The van der Waals surface area contributed by atoms with Gasteiger partial charge in [-0.15, -0.1) is 10.2 Å². The molecule has 1 heterocycles. The van der Waals surface area contributed by atoms with E-state index in [9.17, 15) is 4.79 Å². The van der Waals surface area contributed by atoms with Crippen LogP contribution in [0, 0.1) is 0 Å². The lowest BCUT2D eigenvalue weighted by atomic mass is 10.2. The zero-order valence-electron chi connectivity index (χ0n) is 17.0. The van der Waals surface area contributed by atoms with Gasteiger partial charge < -0.3 is 0 Å². The number of aromatic nitrogens is 3. The first-order valence-corrected chi connectivity index (χ1v) is 12.2. The number of halogens is 3. The van der Waals surface area contributed by atoms with Gasteiger partial charge in [0.15, 0.2) is 11.0 Å². The van der Waals surface area contributed by atoms with Gasteiger partial charge in [0.05, 0.1) is 17.0 Å². The number of thioether (sulfide) groups is 1. The predicted octanol–water partition coefficient (Wildman–Crippen LogP) is 6.25. The van der Waals surface area contributed by atoms with E-state index in [1.807, 2.05) is 59.2 Å². The van der Waals surface area contributed by atoms with Crippen LogP contribution in [0.15, 0.2) is 87.5 Å². The number of hydrogen-bond acceptors (Lipinski definition) is 5. The van der Waals surface area contributed by atoms with Crippen molar-refractivity contribution in [1.29, 1.82) is 0 Å². The smallest absolute Gasteiger partial charge is 0.250 e. The van der Waals surface area contributed by atoms with Gasteiger partial charge in [-0.1, -0.05) is 87.3 Å². The third-order valence-electron chi connectivity index (χ3n) is 4.44. The van der Waals surface area contributed by atoms with E-state index >= 15 is 0 Å². The Kier molecular flexibility index (Phi) is 7.82. The van der Waals surface area contributed by atoms with Crippen LogP contribution in [-0.4, -0.2) is 32.6 Å². The fourth-order valence-corrected chi connectivity index (χ4v) is 4.37. The van der Waals surface area contributed by atoms with Crippen molar-refractivity contribution in [2.45, 2.75) is 5.16 Å². The number of rotatable bonds is 7. The number of carbonyl (C=O) groups excluding carboxylic acids is 1. The third-order valence-corrected chi connectivity index (χ3v) is 6.46. The van der Waals surface area contributed by atoms with Gasteiger partial charge in [0.1, 0.15) is 0 Å². The third kappa shape index (κ3) is 6.03. The van der Waals surface area contributed by atoms with E-state index in [1.165, 1.54) is 18.0 Å². The van der Waals surface area contributed by atoms with Crippen molar-refractivity contribution in [2.24, 2.45) is 5.10 Å². The van der Waals surface area contributed by atoms with Crippen LogP contribution in [-0.2, 0) is 4.79 Å². The van der Waals surface area contributed by atoms with Crippen molar-refractivity contribution >= 4 is 63.0 Å². The number of nitrogens with one attached hydrogen (secondary N) is 1. The maximum absolute atomic E-state index is 12.3. The SMILES string of the molecule is O=C(CSc1nnc(-c2ccc(Br)cc2)n1-c1ccccc1)N/N=C/c1ccc(Cl)cc1Cl. The summed E-state index contributed by atoms with van der Waals surface area (Å²) in [5.74, 6) is 0.512. The van der Waals surface area contributed by atoms with Crippen LogP contribution in [0.25, 0.3) is 17.1 Å². The van der Waals surface area contributed by atoms with Crippen LogP contribution in [0.1, 0.15) is 5.56 Å².